The average Bonchev–Trinajstić information content (AvgIpc) is 3.12. The minimum absolute atomic E-state index is 0.0124. The molecule has 10 heteroatoms. The molecule has 9 nitrogen and oxygen atoms in total. The molecule has 1 fully saturated rings. The quantitative estimate of drug-likeness (QED) is 0.571. The maximum absolute atomic E-state index is 12.8. The van der Waals surface area contributed by atoms with Gasteiger partial charge in [-0.2, -0.15) is 5.10 Å². The number of carbonyl (C=O) groups is 2. The first-order valence-corrected chi connectivity index (χ1v) is 11.8. The van der Waals surface area contributed by atoms with Crippen molar-refractivity contribution >= 4 is 24.0 Å². The number of ether oxygens (including phenoxy) is 1. The molecule has 2 N–H and O–H groups in total. The van der Waals surface area contributed by atoms with Gasteiger partial charge in [0.1, 0.15) is 5.75 Å². The van der Waals surface area contributed by atoms with Crippen LogP contribution in [-0.4, -0.2) is 81.2 Å². The van der Waals surface area contributed by atoms with E-state index in [0.717, 1.165) is 11.3 Å². The molecule has 0 saturated carbocycles. The van der Waals surface area contributed by atoms with Crippen LogP contribution in [0.2, 0.25) is 0 Å². The van der Waals surface area contributed by atoms with Crippen LogP contribution < -0.4 is 10.1 Å². The van der Waals surface area contributed by atoms with Gasteiger partial charge in [0, 0.05) is 50.2 Å². The maximum atomic E-state index is 12.8. The number of aromatic nitrogens is 3. The zero-order valence-corrected chi connectivity index (χ0v) is 20.7. The highest BCUT2D eigenvalue weighted by Crippen LogP contribution is 2.21. The van der Waals surface area contributed by atoms with E-state index >= 15 is 0 Å². The summed E-state index contributed by atoms with van der Waals surface area (Å²) < 4.78 is 7.84. The fourth-order valence-electron chi connectivity index (χ4n) is 3.79. The lowest BCUT2D eigenvalue weighted by molar-refractivity contribution is -0.133. The van der Waals surface area contributed by atoms with Crippen LogP contribution in [0.3, 0.4) is 0 Å². The number of carbonyl (C=O) groups excluding carboxylic acids is 2. The summed E-state index contributed by atoms with van der Waals surface area (Å²) in [5.74, 6) is 1.59. The topological polar surface area (TPSA) is 95.5 Å². The monoisotopic (exact) mass is 474 g/mol. The highest BCUT2D eigenvalue weighted by Gasteiger charge is 2.24. The molecule has 1 aliphatic rings. The molecule has 33 heavy (non-hydrogen) atoms. The Balaban J connectivity index is 1.52. The second-order valence-corrected chi connectivity index (χ2v) is 9.55. The van der Waals surface area contributed by atoms with Crippen molar-refractivity contribution < 1.29 is 14.3 Å². The van der Waals surface area contributed by atoms with Gasteiger partial charge < -0.3 is 15.0 Å². The van der Waals surface area contributed by atoms with Gasteiger partial charge in [-0.15, -0.1) is 0 Å². The fraction of sp³-hybridized carbons (Fsp3) is 0.565. The number of hydrogen-bond donors (Lipinski definition) is 2. The Morgan fingerprint density at radius 2 is 1.82 bits per heavy atom. The number of piperazine rings is 1. The second kappa shape index (κ2) is 10.9. The minimum Gasteiger partial charge on any atom is -0.494 e. The molecular formula is C23H34N6O3S. The number of aromatic amines is 1. The molecule has 1 aromatic carbocycles. The Hall–Kier alpha value is -2.72. The van der Waals surface area contributed by atoms with E-state index in [-0.39, 0.29) is 17.4 Å². The third-order valence-corrected chi connectivity index (χ3v) is 5.65. The van der Waals surface area contributed by atoms with E-state index in [0.29, 0.717) is 62.9 Å². The van der Waals surface area contributed by atoms with Crippen molar-refractivity contribution in [1.29, 1.82) is 0 Å². The third kappa shape index (κ3) is 7.13. The van der Waals surface area contributed by atoms with Crippen molar-refractivity contribution in [3.05, 3.63) is 29.0 Å². The summed E-state index contributed by atoms with van der Waals surface area (Å²) in [5.41, 5.74) is 0.660. The predicted molar refractivity (Wildman–Crippen MR) is 130 cm³/mol. The maximum Gasteiger partial charge on any atom is 0.234 e. The molecule has 3 rings (SSSR count). The predicted octanol–water partition coefficient (Wildman–Crippen LogP) is 2.46. The van der Waals surface area contributed by atoms with Crippen LogP contribution in [0.15, 0.2) is 24.3 Å². The van der Waals surface area contributed by atoms with Crippen LogP contribution in [0.1, 0.15) is 34.1 Å². The second-order valence-electron chi connectivity index (χ2n) is 9.17. The molecule has 2 aromatic rings. The van der Waals surface area contributed by atoms with Crippen LogP contribution >= 0.6 is 12.2 Å². The Morgan fingerprint density at radius 3 is 2.42 bits per heavy atom. The van der Waals surface area contributed by atoms with E-state index in [2.05, 4.69) is 20.4 Å². The van der Waals surface area contributed by atoms with Gasteiger partial charge in [0.05, 0.1) is 13.2 Å². The Bertz CT molecular complexity index is 1000. The average molecular weight is 475 g/mol. The van der Waals surface area contributed by atoms with Crippen LogP contribution in [0.25, 0.3) is 11.4 Å². The summed E-state index contributed by atoms with van der Waals surface area (Å²) in [6.45, 7) is 11.9. The van der Waals surface area contributed by atoms with Crippen molar-refractivity contribution in [1.82, 2.24) is 29.9 Å². The highest BCUT2D eigenvalue weighted by atomic mass is 32.1. The normalized spacial score (nSPS) is 14.8. The number of rotatable bonds is 8. The first-order chi connectivity index (χ1) is 15.7. The van der Waals surface area contributed by atoms with Crippen molar-refractivity contribution in [2.24, 2.45) is 0 Å². The summed E-state index contributed by atoms with van der Waals surface area (Å²) in [5, 5.41) is 10.2. The van der Waals surface area contributed by atoms with E-state index in [1.54, 1.807) is 0 Å². The number of benzene rings is 1. The molecule has 0 spiro atoms. The third-order valence-electron chi connectivity index (χ3n) is 5.34. The molecule has 180 valence electrons. The largest absolute Gasteiger partial charge is 0.494 e. The Labute approximate surface area is 200 Å². The molecule has 0 aliphatic carbocycles. The van der Waals surface area contributed by atoms with Gasteiger partial charge in [-0.3, -0.25) is 24.2 Å². The van der Waals surface area contributed by atoms with Crippen molar-refractivity contribution in [3.63, 3.8) is 0 Å². The Morgan fingerprint density at radius 1 is 1.15 bits per heavy atom. The molecule has 1 aliphatic heterocycles. The fourth-order valence-corrected chi connectivity index (χ4v) is 4.02. The molecule has 2 amide bonds. The lowest BCUT2D eigenvalue weighted by atomic mass is 10.1. The van der Waals surface area contributed by atoms with E-state index in [4.69, 9.17) is 17.0 Å². The zero-order chi connectivity index (χ0) is 24.0. The lowest BCUT2D eigenvalue weighted by Crippen LogP contribution is -2.52. The van der Waals surface area contributed by atoms with E-state index in [9.17, 15) is 9.59 Å². The van der Waals surface area contributed by atoms with Gasteiger partial charge in [0.25, 0.3) is 0 Å². The molecule has 0 atom stereocenters. The van der Waals surface area contributed by atoms with E-state index in [1.807, 2.05) is 61.4 Å². The van der Waals surface area contributed by atoms with Crippen molar-refractivity contribution in [2.45, 2.75) is 46.2 Å². The summed E-state index contributed by atoms with van der Waals surface area (Å²) in [7, 11) is 0. The van der Waals surface area contributed by atoms with Gasteiger partial charge in [0.2, 0.25) is 11.8 Å². The minimum atomic E-state index is -0.243. The van der Waals surface area contributed by atoms with E-state index in [1.165, 1.54) is 0 Å². The van der Waals surface area contributed by atoms with E-state index < -0.39 is 0 Å². The zero-order valence-electron chi connectivity index (χ0n) is 19.9. The summed E-state index contributed by atoms with van der Waals surface area (Å²) >= 11 is 5.39. The highest BCUT2D eigenvalue weighted by molar-refractivity contribution is 7.71. The summed E-state index contributed by atoms with van der Waals surface area (Å²) in [6.07, 6.45) is 0.336. The summed E-state index contributed by atoms with van der Waals surface area (Å²) in [4.78, 5) is 28.9. The molecular weight excluding hydrogens is 440 g/mol. The van der Waals surface area contributed by atoms with Gasteiger partial charge >= 0.3 is 0 Å². The van der Waals surface area contributed by atoms with Crippen LogP contribution in [0.4, 0.5) is 0 Å². The number of amides is 2. The Kier molecular flexibility index (Phi) is 8.25. The molecule has 1 aromatic heterocycles. The van der Waals surface area contributed by atoms with Gasteiger partial charge in [-0.1, -0.05) is 0 Å². The number of nitrogens with one attached hydrogen (secondary N) is 2. The summed E-state index contributed by atoms with van der Waals surface area (Å²) in [6, 6.07) is 7.66. The van der Waals surface area contributed by atoms with Crippen LogP contribution in [-0.2, 0) is 16.1 Å². The van der Waals surface area contributed by atoms with Gasteiger partial charge in [-0.05, 0) is 64.2 Å². The van der Waals surface area contributed by atoms with Crippen LogP contribution in [0, 0.1) is 4.77 Å². The lowest BCUT2D eigenvalue weighted by Gasteiger charge is -2.35. The molecule has 0 radical (unpaired) electrons. The molecule has 0 bridgehead atoms. The van der Waals surface area contributed by atoms with Crippen LogP contribution in [0.5, 0.6) is 5.75 Å². The SMILES string of the molecule is CCOc1ccc(-c2n[nH]c(=S)n2CCC(=O)N2CCN(CC(=O)NC(C)(C)C)CC2)cc1. The standard InChI is InChI=1S/C23H34N6O3S/c1-5-32-18-8-6-17(7-9-18)21-25-26-22(33)29(21)11-10-20(31)28-14-12-27(13-15-28)16-19(30)24-23(2,3)4/h6-9H,5,10-16H2,1-4H3,(H,24,30)(H,26,33). The smallest absolute Gasteiger partial charge is 0.234 e. The number of nitrogens with zero attached hydrogens (tertiary/aromatic N) is 4. The molecule has 1 saturated heterocycles. The van der Waals surface area contributed by atoms with Crippen molar-refractivity contribution in [3.8, 4) is 17.1 Å². The van der Waals surface area contributed by atoms with Gasteiger partial charge in [0.15, 0.2) is 10.6 Å². The first-order valence-electron chi connectivity index (χ1n) is 11.4. The van der Waals surface area contributed by atoms with Gasteiger partial charge in [-0.25, -0.2) is 0 Å². The molecule has 2 heterocycles. The number of hydrogen-bond acceptors (Lipinski definition) is 6. The number of H-pyrrole nitrogens is 1. The first kappa shape index (κ1) is 24.9. The van der Waals surface area contributed by atoms with Crippen molar-refractivity contribution in [2.75, 3.05) is 39.3 Å². The molecule has 0 unspecified atom stereocenters.